The van der Waals surface area contributed by atoms with E-state index in [2.05, 4.69) is 17.9 Å². The second-order valence-electron chi connectivity index (χ2n) is 7.87. The summed E-state index contributed by atoms with van der Waals surface area (Å²) in [7, 11) is 0. The van der Waals surface area contributed by atoms with Crippen LogP contribution in [0.3, 0.4) is 0 Å². The number of hydrogen-bond acceptors (Lipinski definition) is 4. The fourth-order valence-electron chi connectivity index (χ4n) is 3.50. The highest BCUT2D eigenvalue weighted by Crippen LogP contribution is 2.23. The molecular formula is C28H24N2O4S. The number of para-hydroxylation sites is 1. The molecular weight excluding hydrogens is 460 g/mol. The summed E-state index contributed by atoms with van der Waals surface area (Å²) in [5.74, 6) is 0.389. The summed E-state index contributed by atoms with van der Waals surface area (Å²) >= 11 is 4.23. The molecule has 0 fully saturated rings. The maximum Gasteiger partial charge on any atom is 0.336 e. The normalized spacial score (nSPS) is 10.4. The molecule has 0 aliphatic rings. The first-order valence-electron chi connectivity index (χ1n) is 11.0. The molecule has 0 aliphatic heterocycles. The number of urea groups is 1. The van der Waals surface area contributed by atoms with E-state index in [4.69, 9.17) is 4.74 Å². The number of carbonyl (C=O) groups excluding carboxylic acids is 1. The Morgan fingerprint density at radius 1 is 0.771 bits per heavy atom. The first kappa shape index (κ1) is 23.9. The first-order valence-corrected chi connectivity index (χ1v) is 11.4. The number of nitrogens with zero attached hydrogens (tertiary/aromatic N) is 1. The minimum absolute atomic E-state index is 0.0743. The zero-order chi connectivity index (χ0) is 24.6. The number of nitrogens with one attached hydrogen (secondary N) is 1. The van der Waals surface area contributed by atoms with Gasteiger partial charge < -0.3 is 20.1 Å². The van der Waals surface area contributed by atoms with Crippen molar-refractivity contribution in [2.75, 3.05) is 5.32 Å². The van der Waals surface area contributed by atoms with Gasteiger partial charge in [0.25, 0.3) is 0 Å². The molecule has 4 aromatic carbocycles. The quantitative estimate of drug-likeness (QED) is 0.243. The number of benzene rings is 4. The Morgan fingerprint density at radius 3 is 1.94 bits per heavy atom. The van der Waals surface area contributed by atoms with Gasteiger partial charge in [-0.1, -0.05) is 60.7 Å². The Kier molecular flexibility index (Phi) is 7.70. The van der Waals surface area contributed by atoms with Crippen LogP contribution in [-0.2, 0) is 13.1 Å². The van der Waals surface area contributed by atoms with E-state index < -0.39 is 5.97 Å². The van der Waals surface area contributed by atoms with Crippen molar-refractivity contribution in [2.24, 2.45) is 0 Å². The average molecular weight is 485 g/mol. The molecule has 6 nitrogen and oxygen atoms in total. The van der Waals surface area contributed by atoms with Gasteiger partial charge in [0.2, 0.25) is 0 Å². The Labute approximate surface area is 209 Å². The highest BCUT2D eigenvalue weighted by atomic mass is 32.1. The number of anilines is 1. The first-order chi connectivity index (χ1) is 17.0. The second-order valence-corrected chi connectivity index (χ2v) is 8.35. The van der Waals surface area contributed by atoms with Crippen molar-refractivity contribution >= 4 is 30.3 Å². The molecule has 0 saturated heterocycles. The van der Waals surface area contributed by atoms with Crippen molar-refractivity contribution in [1.82, 2.24) is 4.90 Å². The van der Waals surface area contributed by atoms with Gasteiger partial charge in [-0.15, -0.1) is 12.6 Å². The van der Waals surface area contributed by atoms with E-state index in [1.54, 1.807) is 11.0 Å². The molecule has 7 heteroatoms. The predicted molar refractivity (Wildman–Crippen MR) is 138 cm³/mol. The van der Waals surface area contributed by atoms with Gasteiger partial charge in [0.15, 0.2) is 0 Å². The van der Waals surface area contributed by atoms with Crippen LogP contribution in [0.2, 0.25) is 0 Å². The third-order valence-electron chi connectivity index (χ3n) is 5.26. The van der Waals surface area contributed by atoms with Crippen molar-refractivity contribution in [3.8, 4) is 11.5 Å². The van der Waals surface area contributed by atoms with Gasteiger partial charge in [-0.3, -0.25) is 0 Å². The number of carbonyl (C=O) groups is 2. The zero-order valence-electron chi connectivity index (χ0n) is 18.8. The van der Waals surface area contributed by atoms with Gasteiger partial charge in [0.05, 0.1) is 5.56 Å². The summed E-state index contributed by atoms with van der Waals surface area (Å²) in [5, 5.41) is 12.1. The van der Waals surface area contributed by atoms with Crippen molar-refractivity contribution in [1.29, 1.82) is 0 Å². The van der Waals surface area contributed by atoms with Crippen LogP contribution in [0.5, 0.6) is 11.5 Å². The molecule has 35 heavy (non-hydrogen) atoms. The van der Waals surface area contributed by atoms with E-state index >= 15 is 0 Å². The number of hydrogen-bond donors (Lipinski definition) is 3. The monoisotopic (exact) mass is 484 g/mol. The van der Waals surface area contributed by atoms with Crippen LogP contribution in [0.15, 0.2) is 108 Å². The second kappa shape index (κ2) is 11.3. The molecule has 0 bridgehead atoms. The Hall–Kier alpha value is -4.23. The van der Waals surface area contributed by atoms with Crippen LogP contribution >= 0.6 is 12.6 Å². The van der Waals surface area contributed by atoms with Crippen LogP contribution in [0, 0.1) is 0 Å². The fourth-order valence-corrected chi connectivity index (χ4v) is 3.81. The maximum absolute atomic E-state index is 13.2. The Bertz CT molecular complexity index is 1300. The maximum atomic E-state index is 13.2. The summed E-state index contributed by atoms with van der Waals surface area (Å²) in [6.07, 6.45) is 0. The molecule has 176 valence electrons. The summed E-state index contributed by atoms with van der Waals surface area (Å²) < 4.78 is 5.86. The number of ether oxygens (including phenoxy) is 1. The van der Waals surface area contributed by atoms with Crippen LogP contribution in [0.1, 0.15) is 21.5 Å². The SMILES string of the molecule is O=C(O)c1ccc(NC(=O)N(Cc2ccccc2)Cc2ccc(Oc3ccccc3)cc2)cc1S. The average Bonchev–Trinajstić information content (AvgIpc) is 2.86. The van der Waals surface area contributed by atoms with Gasteiger partial charge in [-0.25, -0.2) is 9.59 Å². The van der Waals surface area contributed by atoms with Crippen molar-refractivity contribution < 1.29 is 19.4 Å². The van der Waals surface area contributed by atoms with Gasteiger partial charge >= 0.3 is 12.0 Å². The largest absolute Gasteiger partial charge is 0.478 e. The smallest absolute Gasteiger partial charge is 0.336 e. The third-order valence-corrected chi connectivity index (χ3v) is 5.63. The minimum atomic E-state index is -1.07. The molecule has 0 saturated carbocycles. The standard InChI is InChI=1S/C28H24N2O4S/c31-27(32)25-16-13-22(17-26(25)35)29-28(33)30(18-20-7-3-1-4-8-20)19-21-11-14-24(15-12-21)34-23-9-5-2-6-10-23/h1-17,35H,18-19H2,(H,29,33)(H,31,32). The number of aromatic carboxylic acids is 1. The fraction of sp³-hybridized carbons (Fsp3) is 0.0714. The Balaban J connectivity index is 1.49. The lowest BCUT2D eigenvalue weighted by Gasteiger charge is -2.24. The van der Waals surface area contributed by atoms with Crippen LogP contribution in [0.4, 0.5) is 10.5 Å². The predicted octanol–water partition coefficient (Wildman–Crippen LogP) is 6.70. The van der Waals surface area contributed by atoms with E-state index in [9.17, 15) is 14.7 Å². The molecule has 4 rings (SSSR count). The molecule has 0 aromatic heterocycles. The van der Waals surface area contributed by atoms with Gasteiger partial charge in [0, 0.05) is 23.7 Å². The molecule has 0 heterocycles. The lowest BCUT2D eigenvalue weighted by Crippen LogP contribution is -2.34. The topological polar surface area (TPSA) is 78.9 Å². The molecule has 0 spiro atoms. The van der Waals surface area contributed by atoms with E-state index in [0.29, 0.717) is 24.5 Å². The van der Waals surface area contributed by atoms with Gasteiger partial charge in [0.1, 0.15) is 11.5 Å². The van der Waals surface area contributed by atoms with E-state index in [1.807, 2.05) is 84.9 Å². The molecule has 0 unspecified atom stereocenters. The third kappa shape index (κ3) is 6.65. The van der Waals surface area contributed by atoms with E-state index in [0.717, 1.165) is 16.9 Å². The van der Waals surface area contributed by atoms with Crippen LogP contribution in [0.25, 0.3) is 0 Å². The highest BCUT2D eigenvalue weighted by molar-refractivity contribution is 7.80. The van der Waals surface area contributed by atoms with Crippen molar-refractivity contribution in [3.63, 3.8) is 0 Å². The van der Waals surface area contributed by atoms with Crippen LogP contribution in [-0.4, -0.2) is 22.0 Å². The molecule has 4 aromatic rings. The highest BCUT2D eigenvalue weighted by Gasteiger charge is 2.16. The van der Waals surface area contributed by atoms with Crippen molar-refractivity contribution in [2.45, 2.75) is 18.0 Å². The molecule has 0 aliphatic carbocycles. The minimum Gasteiger partial charge on any atom is -0.478 e. The lowest BCUT2D eigenvalue weighted by molar-refractivity contribution is 0.0693. The zero-order valence-corrected chi connectivity index (χ0v) is 19.7. The summed E-state index contributed by atoms with van der Waals surface area (Å²) in [6, 6.07) is 31.0. The number of carboxylic acid groups (broad SMARTS) is 1. The number of carboxylic acids is 1. The van der Waals surface area contributed by atoms with E-state index in [1.165, 1.54) is 12.1 Å². The van der Waals surface area contributed by atoms with E-state index in [-0.39, 0.29) is 16.5 Å². The molecule has 2 N–H and O–H groups in total. The molecule has 0 atom stereocenters. The van der Waals surface area contributed by atoms with Crippen molar-refractivity contribution in [3.05, 3.63) is 120 Å². The number of amides is 2. The number of thiol groups is 1. The summed E-state index contributed by atoms with van der Waals surface area (Å²) in [4.78, 5) is 26.4. The molecule has 0 radical (unpaired) electrons. The Morgan fingerprint density at radius 2 is 1.34 bits per heavy atom. The number of rotatable bonds is 8. The van der Waals surface area contributed by atoms with Crippen LogP contribution < -0.4 is 10.1 Å². The van der Waals surface area contributed by atoms with Gasteiger partial charge in [-0.05, 0) is 53.6 Å². The summed E-state index contributed by atoms with van der Waals surface area (Å²) in [5.41, 5.74) is 2.47. The summed E-state index contributed by atoms with van der Waals surface area (Å²) in [6.45, 7) is 0.767. The lowest BCUT2D eigenvalue weighted by atomic mass is 10.1. The van der Waals surface area contributed by atoms with Gasteiger partial charge in [-0.2, -0.15) is 0 Å². The molecule has 2 amide bonds.